The van der Waals surface area contributed by atoms with Crippen LogP contribution in [0.15, 0.2) is 46.9 Å². The summed E-state index contributed by atoms with van der Waals surface area (Å²) in [6, 6.07) is 2.35. The molecule has 0 aromatic carbocycles. The summed E-state index contributed by atoms with van der Waals surface area (Å²) in [5, 5.41) is 2.90. The average Bonchev–Trinajstić information content (AvgIpc) is 2.99. The molecule has 27 heavy (non-hydrogen) atoms. The molecule has 4 N–H and O–H groups in total. The first-order chi connectivity index (χ1) is 12.4. The molecular formula is C16H15F6N5. The number of nitrogens with two attached hydrogens (primary N) is 1. The highest BCUT2D eigenvalue weighted by molar-refractivity contribution is 5.77. The van der Waals surface area contributed by atoms with Crippen molar-refractivity contribution in [1.29, 1.82) is 0 Å². The number of nitrogens with one attached hydrogen (secondary N) is 2. The van der Waals surface area contributed by atoms with Gasteiger partial charge in [-0.2, -0.15) is 26.3 Å². The van der Waals surface area contributed by atoms with E-state index in [0.717, 1.165) is 6.07 Å². The first-order valence-electron chi connectivity index (χ1n) is 7.43. The minimum absolute atomic E-state index is 0.00310. The maximum Gasteiger partial charge on any atom is 0.433 e. The summed E-state index contributed by atoms with van der Waals surface area (Å²) in [4.78, 5) is 9.16. The molecule has 11 heteroatoms. The predicted octanol–water partition coefficient (Wildman–Crippen LogP) is 4.01. The SMILES string of the molecule is C=C(NCc1cnc2[nH]c(C(F)(F)F)cc2c1)/C(C)=C(\N=C/N)C(F)(F)F. The highest BCUT2D eigenvalue weighted by atomic mass is 19.4. The van der Waals surface area contributed by atoms with Crippen LogP contribution in [-0.2, 0) is 12.7 Å². The zero-order chi connectivity index (χ0) is 20.4. The van der Waals surface area contributed by atoms with Crippen molar-refractivity contribution >= 4 is 17.4 Å². The number of aromatic amines is 1. The monoisotopic (exact) mass is 391 g/mol. The normalized spacial score (nSPS) is 13.9. The van der Waals surface area contributed by atoms with Crippen LogP contribution in [-0.4, -0.2) is 22.5 Å². The molecule has 0 aliphatic rings. The molecule has 0 unspecified atom stereocenters. The summed E-state index contributed by atoms with van der Waals surface area (Å²) in [6.45, 7) is 4.70. The van der Waals surface area contributed by atoms with E-state index in [0.29, 0.717) is 11.9 Å². The van der Waals surface area contributed by atoms with E-state index in [1.165, 1.54) is 19.2 Å². The second-order valence-electron chi connectivity index (χ2n) is 5.54. The number of pyridine rings is 1. The highest BCUT2D eigenvalue weighted by Crippen LogP contribution is 2.32. The summed E-state index contributed by atoms with van der Waals surface area (Å²) in [6.07, 6.45) is -7.42. The number of hydrogen-bond donors (Lipinski definition) is 3. The van der Waals surface area contributed by atoms with Gasteiger partial charge in [0.1, 0.15) is 11.3 Å². The van der Waals surface area contributed by atoms with E-state index >= 15 is 0 Å². The van der Waals surface area contributed by atoms with E-state index in [1.807, 2.05) is 0 Å². The lowest BCUT2D eigenvalue weighted by Crippen LogP contribution is -2.19. The van der Waals surface area contributed by atoms with E-state index < -0.39 is 23.7 Å². The van der Waals surface area contributed by atoms with E-state index in [2.05, 4.69) is 26.9 Å². The minimum Gasteiger partial charge on any atom is -0.390 e. The van der Waals surface area contributed by atoms with Gasteiger partial charge in [-0.3, -0.25) is 0 Å². The smallest absolute Gasteiger partial charge is 0.390 e. The van der Waals surface area contributed by atoms with E-state index in [-0.39, 0.29) is 28.8 Å². The molecule has 0 aliphatic carbocycles. The number of H-pyrrole nitrogens is 1. The lowest BCUT2D eigenvalue weighted by atomic mass is 10.1. The third kappa shape index (κ3) is 4.80. The molecule has 5 nitrogen and oxygen atoms in total. The first-order valence-corrected chi connectivity index (χ1v) is 7.43. The molecule has 0 amide bonds. The molecule has 2 rings (SSSR count). The molecule has 146 valence electrons. The Bertz CT molecular complexity index is 904. The Balaban J connectivity index is 2.19. The lowest BCUT2D eigenvalue weighted by Gasteiger charge is -2.15. The minimum atomic E-state index is -4.72. The van der Waals surface area contributed by atoms with Crippen molar-refractivity contribution in [1.82, 2.24) is 15.3 Å². The van der Waals surface area contributed by atoms with Gasteiger partial charge in [0.25, 0.3) is 0 Å². The fourth-order valence-electron chi connectivity index (χ4n) is 2.25. The zero-order valence-corrected chi connectivity index (χ0v) is 14.0. The van der Waals surface area contributed by atoms with Gasteiger partial charge in [0.05, 0.1) is 6.34 Å². The van der Waals surface area contributed by atoms with Crippen molar-refractivity contribution in [3.05, 3.63) is 53.1 Å². The summed E-state index contributed by atoms with van der Waals surface area (Å²) in [5.74, 6) is 0. The van der Waals surface area contributed by atoms with Crippen LogP contribution in [0.2, 0.25) is 0 Å². The van der Waals surface area contributed by atoms with Gasteiger partial charge in [0.2, 0.25) is 0 Å². The Morgan fingerprint density at radius 1 is 1.30 bits per heavy atom. The zero-order valence-electron chi connectivity index (χ0n) is 14.0. The maximum atomic E-state index is 13.0. The standard InChI is InChI=1S/C16H15F6N5/c1-8(13(26-7-23)16(20,21)22)9(2)24-5-10-3-11-4-12(15(17,18)19)27-14(11)25-6-10/h3-4,6-7,24H,2,5H2,1H3,(H2,23,26)(H,25,27)/b13-8-. The van der Waals surface area contributed by atoms with Gasteiger partial charge in [-0.15, -0.1) is 0 Å². The summed E-state index contributed by atoms with van der Waals surface area (Å²) < 4.78 is 77.0. The van der Waals surface area contributed by atoms with Gasteiger partial charge in [-0.05, 0) is 24.6 Å². The number of hydrogen-bond acceptors (Lipinski definition) is 3. The maximum absolute atomic E-state index is 13.0. The van der Waals surface area contributed by atoms with Crippen molar-refractivity contribution < 1.29 is 26.3 Å². The number of fused-ring (bicyclic) bond motifs is 1. The number of aromatic nitrogens is 2. The first kappa shape index (κ1) is 20.3. The van der Waals surface area contributed by atoms with Crippen LogP contribution >= 0.6 is 0 Å². The number of allylic oxidation sites excluding steroid dienone is 2. The summed E-state index contributed by atoms with van der Waals surface area (Å²) in [5.41, 5.74) is 3.00. The van der Waals surface area contributed by atoms with Gasteiger partial charge >= 0.3 is 12.4 Å². The van der Waals surface area contributed by atoms with Gasteiger partial charge in [-0.1, -0.05) is 6.58 Å². The largest absolute Gasteiger partial charge is 0.433 e. The fraction of sp³-hybridized carbons (Fsp3) is 0.250. The topological polar surface area (TPSA) is 79.1 Å². The fourth-order valence-corrected chi connectivity index (χ4v) is 2.25. The Hall–Kier alpha value is -2.98. The molecule has 0 atom stereocenters. The number of halogens is 6. The van der Waals surface area contributed by atoms with Crippen molar-refractivity contribution in [2.24, 2.45) is 10.7 Å². The van der Waals surface area contributed by atoms with Crippen LogP contribution in [0.1, 0.15) is 18.2 Å². The van der Waals surface area contributed by atoms with E-state index in [1.54, 1.807) is 0 Å². The van der Waals surface area contributed by atoms with Gasteiger partial charge < -0.3 is 16.0 Å². The molecule has 2 heterocycles. The second kappa shape index (κ2) is 7.33. The molecule has 0 spiro atoms. The average molecular weight is 391 g/mol. The molecule has 2 aromatic heterocycles. The Labute approximate surface area is 149 Å². The third-order valence-corrected chi connectivity index (χ3v) is 3.62. The van der Waals surface area contributed by atoms with Crippen LogP contribution in [0.3, 0.4) is 0 Å². The Kier molecular flexibility index (Phi) is 5.52. The lowest BCUT2D eigenvalue weighted by molar-refractivity contribution is -0.140. The van der Waals surface area contributed by atoms with Crippen LogP contribution in [0.25, 0.3) is 11.0 Å². The second-order valence-corrected chi connectivity index (χ2v) is 5.54. The van der Waals surface area contributed by atoms with Gasteiger partial charge in [-0.25, -0.2) is 9.98 Å². The van der Waals surface area contributed by atoms with E-state index in [9.17, 15) is 26.3 Å². The van der Waals surface area contributed by atoms with Crippen LogP contribution in [0.4, 0.5) is 26.3 Å². The van der Waals surface area contributed by atoms with Gasteiger partial charge in [0, 0.05) is 29.4 Å². The van der Waals surface area contributed by atoms with Crippen molar-refractivity contribution in [2.75, 3.05) is 0 Å². The van der Waals surface area contributed by atoms with Crippen molar-refractivity contribution in [3.8, 4) is 0 Å². The molecule has 0 aliphatic heterocycles. The molecule has 0 fully saturated rings. The number of aliphatic imine (C=N–C) groups is 1. The van der Waals surface area contributed by atoms with Crippen LogP contribution in [0, 0.1) is 0 Å². The quantitative estimate of drug-likeness (QED) is 0.312. The van der Waals surface area contributed by atoms with Crippen LogP contribution < -0.4 is 11.1 Å². The molecule has 0 saturated carbocycles. The molecule has 0 saturated heterocycles. The number of nitrogens with zero attached hydrogens (tertiary/aromatic N) is 2. The molecular weight excluding hydrogens is 376 g/mol. The van der Waals surface area contributed by atoms with Crippen molar-refractivity contribution in [2.45, 2.75) is 25.8 Å². The summed E-state index contributed by atoms with van der Waals surface area (Å²) in [7, 11) is 0. The van der Waals surface area contributed by atoms with Gasteiger partial charge in [0.15, 0.2) is 5.70 Å². The van der Waals surface area contributed by atoms with Crippen molar-refractivity contribution in [3.63, 3.8) is 0 Å². The van der Waals surface area contributed by atoms with E-state index in [4.69, 9.17) is 5.73 Å². The third-order valence-electron chi connectivity index (χ3n) is 3.62. The molecule has 2 aromatic rings. The van der Waals surface area contributed by atoms with Crippen LogP contribution in [0.5, 0.6) is 0 Å². The molecule has 0 bridgehead atoms. The molecule has 0 radical (unpaired) electrons. The number of rotatable bonds is 5. The highest BCUT2D eigenvalue weighted by Gasteiger charge is 2.36. The number of alkyl halides is 6. The summed E-state index contributed by atoms with van der Waals surface area (Å²) >= 11 is 0. The Morgan fingerprint density at radius 2 is 1.96 bits per heavy atom. The Morgan fingerprint density at radius 3 is 2.52 bits per heavy atom. The predicted molar refractivity (Wildman–Crippen MR) is 88.5 cm³/mol.